The normalized spacial score (nSPS) is 12.9. The van der Waals surface area contributed by atoms with Gasteiger partial charge in [-0.1, -0.05) is 18.2 Å². The first-order chi connectivity index (χ1) is 16.0. The Hall–Kier alpha value is -3.98. The molecule has 0 aromatic heterocycles. The van der Waals surface area contributed by atoms with E-state index in [1.807, 2.05) is 18.2 Å². The summed E-state index contributed by atoms with van der Waals surface area (Å²) in [6.45, 7) is 0. The molecule has 0 radical (unpaired) electrons. The average molecular weight is 463 g/mol. The fourth-order valence-corrected chi connectivity index (χ4v) is 3.75. The number of nitrogens with one attached hydrogen (secondary N) is 2. The topological polar surface area (TPSA) is 90.9 Å². The molecule has 0 bridgehead atoms. The molecule has 33 heavy (non-hydrogen) atoms. The quantitative estimate of drug-likeness (QED) is 0.541. The van der Waals surface area contributed by atoms with Gasteiger partial charge in [0.05, 0.1) is 17.9 Å². The Morgan fingerprint density at radius 2 is 1.64 bits per heavy atom. The molecule has 166 valence electrons. The van der Waals surface area contributed by atoms with Gasteiger partial charge in [0.2, 0.25) is 5.91 Å². The molecule has 0 unspecified atom stereocenters. The molecule has 7 nitrogen and oxygen atoms in total. The molecule has 1 aliphatic rings. The Labute approximate surface area is 193 Å². The van der Waals surface area contributed by atoms with E-state index in [0.29, 0.717) is 22.8 Å². The van der Waals surface area contributed by atoms with Crippen molar-refractivity contribution in [3.8, 4) is 0 Å². The second-order valence-electron chi connectivity index (χ2n) is 7.09. The van der Waals surface area contributed by atoms with Crippen LogP contribution in [0.3, 0.4) is 0 Å². The van der Waals surface area contributed by atoms with Crippen LogP contribution in [0.4, 0.5) is 15.8 Å². The number of thioether (sulfide) groups is 1. The maximum Gasteiger partial charge on any atom is 0.255 e. The predicted molar refractivity (Wildman–Crippen MR) is 126 cm³/mol. The molecule has 1 heterocycles. The number of amides is 3. The van der Waals surface area contributed by atoms with Gasteiger partial charge in [0.25, 0.3) is 11.8 Å². The summed E-state index contributed by atoms with van der Waals surface area (Å²) in [6.07, 6.45) is 0.0355. The highest BCUT2D eigenvalue weighted by molar-refractivity contribution is 8.00. The highest BCUT2D eigenvalue weighted by Crippen LogP contribution is 2.22. The number of rotatable bonds is 6. The number of carbonyl (C=O) groups excluding carboxylic acids is 3. The molecular weight excluding hydrogens is 443 g/mol. The number of hydrazone groups is 1. The average Bonchev–Trinajstić information content (AvgIpc) is 3.19. The monoisotopic (exact) mass is 462 g/mol. The van der Waals surface area contributed by atoms with E-state index in [1.165, 1.54) is 41.0 Å². The van der Waals surface area contributed by atoms with E-state index in [-0.39, 0.29) is 29.9 Å². The zero-order chi connectivity index (χ0) is 23.2. The molecule has 2 N–H and O–H groups in total. The van der Waals surface area contributed by atoms with Gasteiger partial charge in [-0.15, -0.1) is 11.8 Å². The van der Waals surface area contributed by atoms with Crippen LogP contribution in [0.5, 0.6) is 0 Å². The third kappa shape index (κ3) is 5.83. The Balaban J connectivity index is 1.27. The summed E-state index contributed by atoms with van der Waals surface area (Å²) in [4.78, 5) is 37.5. The number of nitrogens with zero attached hydrogens (tertiary/aromatic N) is 2. The van der Waals surface area contributed by atoms with Crippen LogP contribution >= 0.6 is 11.8 Å². The highest BCUT2D eigenvalue weighted by atomic mass is 32.2. The molecule has 1 aliphatic heterocycles. The van der Waals surface area contributed by atoms with Crippen molar-refractivity contribution in [3.05, 3.63) is 90.2 Å². The van der Waals surface area contributed by atoms with E-state index in [4.69, 9.17) is 0 Å². The molecule has 9 heteroatoms. The summed E-state index contributed by atoms with van der Waals surface area (Å²) in [5.41, 5.74) is 1.58. The SMILES string of the molecule is O=C(CSc1ccc(NC(=O)c2ccc(F)cc2)cc1)NC1=NN(c2ccccc2)C(=O)C1. The van der Waals surface area contributed by atoms with Gasteiger partial charge < -0.3 is 10.6 Å². The van der Waals surface area contributed by atoms with Gasteiger partial charge in [-0.2, -0.15) is 10.1 Å². The molecule has 0 fully saturated rings. The van der Waals surface area contributed by atoms with Crippen molar-refractivity contribution in [2.45, 2.75) is 11.3 Å². The molecule has 3 amide bonds. The van der Waals surface area contributed by atoms with E-state index >= 15 is 0 Å². The van der Waals surface area contributed by atoms with Crippen molar-refractivity contribution in [1.29, 1.82) is 0 Å². The third-order valence-electron chi connectivity index (χ3n) is 4.65. The standard InChI is InChI=1S/C24H19FN4O3S/c25-17-8-6-16(7-9-17)24(32)26-18-10-12-20(13-11-18)33-15-22(30)27-21-14-23(31)29(28-21)19-4-2-1-3-5-19/h1-13H,14-15H2,(H,26,32)(H,27,28,30). The lowest BCUT2D eigenvalue weighted by molar-refractivity contribution is -0.117. The molecule has 0 spiro atoms. The molecule has 0 atom stereocenters. The minimum Gasteiger partial charge on any atom is -0.322 e. The van der Waals surface area contributed by atoms with Gasteiger partial charge >= 0.3 is 0 Å². The zero-order valence-corrected chi connectivity index (χ0v) is 18.1. The molecule has 0 aliphatic carbocycles. The van der Waals surface area contributed by atoms with E-state index in [0.717, 1.165) is 4.90 Å². The first kappa shape index (κ1) is 22.2. The van der Waals surface area contributed by atoms with Crippen LogP contribution in [0.15, 0.2) is 88.9 Å². The number of anilines is 2. The van der Waals surface area contributed by atoms with Crippen LogP contribution in [0.2, 0.25) is 0 Å². The summed E-state index contributed by atoms with van der Waals surface area (Å²) in [5.74, 6) is -0.769. The highest BCUT2D eigenvalue weighted by Gasteiger charge is 2.26. The van der Waals surface area contributed by atoms with Gasteiger partial charge in [0.1, 0.15) is 11.7 Å². The maximum absolute atomic E-state index is 13.0. The Morgan fingerprint density at radius 3 is 2.33 bits per heavy atom. The number of amidine groups is 1. The first-order valence-corrected chi connectivity index (χ1v) is 11.0. The summed E-state index contributed by atoms with van der Waals surface area (Å²) in [5, 5.41) is 10.9. The maximum atomic E-state index is 13.0. The van der Waals surface area contributed by atoms with Crippen molar-refractivity contribution < 1.29 is 18.8 Å². The van der Waals surface area contributed by atoms with Crippen LogP contribution < -0.4 is 15.6 Å². The summed E-state index contributed by atoms with van der Waals surface area (Å²) in [7, 11) is 0. The van der Waals surface area contributed by atoms with Crippen LogP contribution in [0, 0.1) is 5.82 Å². The van der Waals surface area contributed by atoms with E-state index in [9.17, 15) is 18.8 Å². The van der Waals surface area contributed by atoms with Crippen molar-refractivity contribution in [3.63, 3.8) is 0 Å². The summed E-state index contributed by atoms with van der Waals surface area (Å²) >= 11 is 1.32. The zero-order valence-electron chi connectivity index (χ0n) is 17.3. The van der Waals surface area contributed by atoms with Gasteiger partial charge in [-0.05, 0) is 60.7 Å². The second kappa shape index (κ2) is 10.1. The van der Waals surface area contributed by atoms with Crippen LogP contribution in [-0.2, 0) is 9.59 Å². The number of halogens is 1. The number of hydrogen-bond donors (Lipinski definition) is 2. The van der Waals surface area contributed by atoms with Gasteiger partial charge in [0.15, 0.2) is 0 Å². The van der Waals surface area contributed by atoms with E-state index < -0.39 is 5.82 Å². The fourth-order valence-electron chi connectivity index (χ4n) is 3.05. The summed E-state index contributed by atoms with van der Waals surface area (Å²) < 4.78 is 13.0. The second-order valence-corrected chi connectivity index (χ2v) is 8.14. The Kier molecular flexibility index (Phi) is 6.80. The van der Waals surface area contributed by atoms with Gasteiger partial charge in [-0.25, -0.2) is 4.39 Å². The molecule has 0 saturated heterocycles. The molecule has 4 rings (SSSR count). The van der Waals surface area contributed by atoms with Crippen molar-refractivity contribution in [2.75, 3.05) is 16.1 Å². The first-order valence-electron chi connectivity index (χ1n) is 10.0. The van der Waals surface area contributed by atoms with E-state index in [1.54, 1.807) is 36.4 Å². The van der Waals surface area contributed by atoms with Gasteiger partial charge in [0, 0.05) is 16.1 Å². The minimum absolute atomic E-state index is 0.0355. The van der Waals surface area contributed by atoms with Crippen LogP contribution in [0.25, 0.3) is 0 Å². The summed E-state index contributed by atoms with van der Waals surface area (Å²) in [6, 6.07) is 21.3. The smallest absolute Gasteiger partial charge is 0.255 e. The number of carbonyl (C=O) groups is 3. The minimum atomic E-state index is -0.405. The third-order valence-corrected chi connectivity index (χ3v) is 5.66. The molecule has 3 aromatic carbocycles. The predicted octanol–water partition coefficient (Wildman–Crippen LogP) is 4.04. The molecule has 0 saturated carbocycles. The number of benzene rings is 3. The van der Waals surface area contributed by atoms with Crippen molar-refractivity contribution >= 4 is 46.7 Å². The Bertz CT molecular complexity index is 1200. The van der Waals surface area contributed by atoms with Crippen molar-refractivity contribution in [2.24, 2.45) is 5.10 Å². The largest absolute Gasteiger partial charge is 0.322 e. The van der Waals surface area contributed by atoms with Crippen LogP contribution in [-0.4, -0.2) is 29.3 Å². The van der Waals surface area contributed by atoms with Gasteiger partial charge in [-0.3, -0.25) is 14.4 Å². The number of para-hydroxylation sites is 1. The van der Waals surface area contributed by atoms with E-state index in [2.05, 4.69) is 15.7 Å². The molecule has 3 aromatic rings. The number of hydrogen-bond acceptors (Lipinski definition) is 5. The molecular formula is C24H19FN4O3S. The van der Waals surface area contributed by atoms with Crippen LogP contribution in [0.1, 0.15) is 16.8 Å². The lowest BCUT2D eigenvalue weighted by atomic mass is 10.2. The van der Waals surface area contributed by atoms with Crippen molar-refractivity contribution in [1.82, 2.24) is 5.32 Å². The Morgan fingerprint density at radius 1 is 0.939 bits per heavy atom. The lowest BCUT2D eigenvalue weighted by Crippen LogP contribution is -2.31. The lowest BCUT2D eigenvalue weighted by Gasteiger charge is -2.10. The fraction of sp³-hybridized carbons (Fsp3) is 0.0833.